The number of hydrogen-bond acceptors (Lipinski definition) is 6. The normalized spacial score (nSPS) is 10.2. The molecule has 2 heterocycles. The number of amides is 1. The summed E-state index contributed by atoms with van der Waals surface area (Å²) in [4.78, 5) is 31.6. The Morgan fingerprint density at radius 2 is 2.29 bits per heavy atom. The molecule has 0 aliphatic heterocycles. The van der Waals surface area contributed by atoms with Gasteiger partial charge in [-0.1, -0.05) is 0 Å². The molecule has 0 radical (unpaired) electrons. The van der Waals surface area contributed by atoms with Gasteiger partial charge < -0.3 is 4.74 Å². The minimum atomic E-state index is -0.362. The maximum atomic E-state index is 12.0. The van der Waals surface area contributed by atoms with Crippen molar-refractivity contribution in [2.45, 2.75) is 13.3 Å². The van der Waals surface area contributed by atoms with Crippen LogP contribution in [0.3, 0.4) is 0 Å². The Kier molecular flexibility index (Phi) is 5.40. The first-order chi connectivity index (χ1) is 10.1. The van der Waals surface area contributed by atoms with E-state index >= 15 is 0 Å². The van der Waals surface area contributed by atoms with Crippen molar-refractivity contribution in [3.05, 3.63) is 39.6 Å². The summed E-state index contributed by atoms with van der Waals surface area (Å²) in [5.74, 6) is -0.701. The number of nitrogens with zero attached hydrogens (tertiary/aromatic N) is 2. The number of nitrogens with one attached hydrogen (secondary N) is 1. The molecule has 0 spiro atoms. The van der Waals surface area contributed by atoms with Gasteiger partial charge in [0.25, 0.3) is 5.91 Å². The SMILES string of the molecule is CCOC(=O)Cc1csc(NC(=O)c2ncccc2Br)n1. The van der Waals surface area contributed by atoms with Gasteiger partial charge in [0.1, 0.15) is 5.69 Å². The molecule has 2 aromatic heterocycles. The van der Waals surface area contributed by atoms with Crippen LogP contribution in [0.4, 0.5) is 5.13 Å². The lowest BCUT2D eigenvalue weighted by Crippen LogP contribution is -2.14. The molecular weight excluding hydrogens is 358 g/mol. The summed E-state index contributed by atoms with van der Waals surface area (Å²) in [6.45, 7) is 2.08. The van der Waals surface area contributed by atoms with Gasteiger partial charge in [-0.15, -0.1) is 11.3 Å². The molecule has 6 nitrogen and oxygen atoms in total. The van der Waals surface area contributed by atoms with Crippen LogP contribution in [0.2, 0.25) is 0 Å². The first-order valence-corrected chi connectivity index (χ1v) is 7.79. The van der Waals surface area contributed by atoms with E-state index in [0.29, 0.717) is 21.9 Å². The Balaban J connectivity index is 2.01. The Morgan fingerprint density at radius 1 is 1.48 bits per heavy atom. The molecule has 21 heavy (non-hydrogen) atoms. The number of carbonyl (C=O) groups excluding carboxylic acids is 2. The van der Waals surface area contributed by atoms with Crippen LogP contribution >= 0.6 is 27.3 Å². The van der Waals surface area contributed by atoms with Gasteiger partial charge in [0.15, 0.2) is 5.13 Å². The minimum absolute atomic E-state index is 0.0908. The van der Waals surface area contributed by atoms with E-state index in [-0.39, 0.29) is 24.0 Å². The number of halogens is 1. The van der Waals surface area contributed by atoms with Crippen molar-refractivity contribution in [1.29, 1.82) is 0 Å². The fraction of sp³-hybridized carbons (Fsp3) is 0.231. The third kappa shape index (κ3) is 4.33. The van der Waals surface area contributed by atoms with E-state index in [4.69, 9.17) is 4.74 Å². The van der Waals surface area contributed by atoms with Gasteiger partial charge in [0.05, 0.1) is 18.7 Å². The molecule has 2 rings (SSSR count). The summed E-state index contributed by atoms with van der Waals surface area (Å²) >= 11 is 4.51. The summed E-state index contributed by atoms with van der Waals surface area (Å²) in [6.07, 6.45) is 1.63. The Labute approximate surface area is 133 Å². The fourth-order valence-corrected chi connectivity index (χ4v) is 2.65. The van der Waals surface area contributed by atoms with Gasteiger partial charge in [0.2, 0.25) is 0 Å². The molecule has 0 saturated heterocycles. The van der Waals surface area contributed by atoms with Crippen molar-refractivity contribution < 1.29 is 14.3 Å². The Hall–Kier alpha value is -1.80. The largest absolute Gasteiger partial charge is 0.466 e. The first-order valence-electron chi connectivity index (χ1n) is 6.12. The highest BCUT2D eigenvalue weighted by Crippen LogP contribution is 2.19. The van der Waals surface area contributed by atoms with Crippen molar-refractivity contribution in [2.24, 2.45) is 0 Å². The summed E-state index contributed by atoms with van der Waals surface area (Å²) in [5.41, 5.74) is 0.841. The molecule has 0 aliphatic carbocycles. The maximum absolute atomic E-state index is 12.0. The molecule has 2 aromatic rings. The summed E-state index contributed by atoms with van der Waals surface area (Å²) in [5, 5.41) is 4.77. The van der Waals surface area contributed by atoms with Crippen LogP contribution in [0.5, 0.6) is 0 Å². The molecule has 110 valence electrons. The molecule has 0 fully saturated rings. The lowest BCUT2D eigenvalue weighted by molar-refractivity contribution is -0.142. The van der Waals surface area contributed by atoms with Crippen LogP contribution < -0.4 is 5.32 Å². The number of carbonyl (C=O) groups is 2. The predicted octanol–water partition coefficient (Wildman–Crippen LogP) is 2.66. The molecule has 1 N–H and O–H groups in total. The lowest BCUT2D eigenvalue weighted by atomic mass is 10.3. The number of esters is 1. The van der Waals surface area contributed by atoms with E-state index in [9.17, 15) is 9.59 Å². The lowest BCUT2D eigenvalue weighted by Gasteiger charge is -2.02. The third-order valence-corrected chi connectivity index (χ3v) is 3.82. The van der Waals surface area contributed by atoms with Crippen molar-refractivity contribution in [2.75, 3.05) is 11.9 Å². The average molecular weight is 370 g/mol. The molecule has 8 heteroatoms. The first kappa shape index (κ1) is 15.6. The topological polar surface area (TPSA) is 81.2 Å². The van der Waals surface area contributed by atoms with E-state index in [1.54, 1.807) is 24.4 Å². The zero-order valence-corrected chi connectivity index (χ0v) is 13.5. The van der Waals surface area contributed by atoms with Gasteiger partial charge in [-0.2, -0.15) is 0 Å². The van der Waals surface area contributed by atoms with E-state index < -0.39 is 0 Å². The molecule has 1 amide bonds. The highest BCUT2D eigenvalue weighted by Gasteiger charge is 2.14. The molecule has 0 bridgehead atoms. The van der Waals surface area contributed by atoms with Gasteiger partial charge in [-0.3, -0.25) is 14.9 Å². The number of thiazole rings is 1. The molecule has 0 aliphatic rings. The monoisotopic (exact) mass is 369 g/mol. The summed E-state index contributed by atoms with van der Waals surface area (Å²) < 4.78 is 5.45. The zero-order valence-electron chi connectivity index (χ0n) is 11.1. The summed E-state index contributed by atoms with van der Waals surface area (Å²) in [7, 11) is 0. The molecule has 0 aromatic carbocycles. The van der Waals surface area contributed by atoms with Crippen molar-refractivity contribution in [3.8, 4) is 0 Å². The highest BCUT2D eigenvalue weighted by molar-refractivity contribution is 9.10. The standard InChI is InChI=1S/C13H12BrN3O3S/c1-2-20-10(18)6-8-7-21-13(16-8)17-12(19)11-9(14)4-3-5-15-11/h3-5,7H,2,6H2,1H3,(H,16,17,19). The van der Waals surface area contributed by atoms with E-state index in [2.05, 4.69) is 31.2 Å². The Bertz CT molecular complexity index is 660. The van der Waals surface area contributed by atoms with Crippen LogP contribution in [-0.2, 0) is 16.0 Å². The fourth-order valence-electron chi connectivity index (χ4n) is 1.51. The predicted molar refractivity (Wildman–Crippen MR) is 82.3 cm³/mol. The van der Waals surface area contributed by atoms with E-state index in [1.807, 2.05) is 0 Å². The molecule has 0 saturated carbocycles. The molecule has 0 atom stereocenters. The maximum Gasteiger partial charge on any atom is 0.311 e. The van der Waals surface area contributed by atoms with Gasteiger partial charge in [-0.05, 0) is 35.0 Å². The quantitative estimate of drug-likeness (QED) is 0.819. The van der Waals surface area contributed by atoms with Gasteiger partial charge in [-0.25, -0.2) is 9.97 Å². The second-order valence-electron chi connectivity index (χ2n) is 3.91. The smallest absolute Gasteiger partial charge is 0.311 e. The van der Waals surface area contributed by atoms with Gasteiger partial charge in [0, 0.05) is 16.0 Å². The van der Waals surface area contributed by atoms with Gasteiger partial charge >= 0.3 is 5.97 Å². The number of aromatic nitrogens is 2. The Morgan fingerprint density at radius 3 is 3.00 bits per heavy atom. The van der Waals surface area contributed by atoms with E-state index in [1.165, 1.54) is 17.5 Å². The average Bonchev–Trinajstić information content (AvgIpc) is 2.86. The van der Waals surface area contributed by atoms with Crippen molar-refractivity contribution >= 4 is 44.3 Å². The number of hydrogen-bond donors (Lipinski definition) is 1. The van der Waals surface area contributed by atoms with Crippen LogP contribution in [-0.4, -0.2) is 28.5 Å². The van der Waals surface area contributed by atoms with Crippen molar-refractivity contribution in [3.63, 3.8) is 0 Å². The number of anilines is 1. The number of ether oxygens (including phenoxy) is 1. The second kappa shape index (κ2) is 7.28. The van der Waals surface area contributed by atoms with Crippen LogP contribution in [0.1, 0.15) is 23.1 Å². The zero-order chi connectivity index (χ0) is 15.2. The second-order valence-corrected chi connectivity index (χ2v) is 5.63. The van der Waals surface area contributed by atoms with Crippen molar-refractivity contribution in [1.82, 2.24) is 9.97 Å². The summed E-state index contributed by atoms with van der Waals surface area (Å²) in [6, 6.07) is 3.46. The number of rotatable bonds is 5. The van der Waals surface area contributed by atoms with E-state index in [0.717, 1.165) is 0 Å². The molecular formula is C13H12BrN3O3S. The van der Waals surface area contributed by atoms with Crippen LogP contribution in [0.25, 0.3) is 0 Å². The minimum Gasteiger partial charge on any atom is -0.466 e. The third-order valence-electron chi connectivity index (χ3n) is 2.38. The van der Waals surface area contributed by atoms with Crippen LogP contribution in [0, 0.1) is 0 Å². The highest BCUT2D eigenvalue weighted by atomic mass is 79.9. The number of pyridine rings is 1. The molecule has 0 unspecified atom stereocenters. The van der Waals surface area contributed by atoms with Crippen LogP contribution in [0.15, 0.2) is 28.2 Å².